The number of halogens is 1. The lowest BCUT2D eigenvalue weighted by molar-refractivity contribution is 0.00701. The summed E-state index contributed by atoms with van der Waals surface area (Å²) in [4.78, 5) is 22.9. The summed E-state index contributed by atoms with van der Waals surface area (Å²) >= 11 is 1.71. The van der Waals surface area contributed by atoms with E-state index in [1.165, 1.54) is 5.01 Å². The van der Waals surface area contributed by atoms with E-state index < -0.39 is 5.60 Å². The molecule has 154 valence electrons. The number of hydrogen-bond acceptors (Lipinski definition) is 5. The highest BCUT2D eigenvalue weighted by Gasteiger charge is 2.34. The van der Waals surface area contributed by atoms with Crippen molar-refractivity contribution in [2.24, 2.45) is 4.99 Å². The van der Waals surface area contributed by atoms with E-state index in [0.29, 0.717) is 19.6 Å². The zero-order chi connectivity index (χ0) is 19.2. The molecule has 1 amide bonds. The van der Waals surface area contributed by atoms with Crippen molar-refractivity contribution in [2.45, 2.75) is 59.1 Å². The smallest absolute Gasteiger partial charge is 0.410 e. The fraction of sp³-hybridized carbons (Fsp3) is 0.722. The first kappa shape index (κ1) is 23.9. The third-order valence-corrected chi connectivity index (χ3v) is 4.80. The molecular formula is C18H32IN5O2S. The minimum atomic E-state index is -0.459. The number of guanidine groups is 1. The van der Waals surface area contributed by atoms with Crippen molar-refractivity contribution in [3.63, 3.8) is 0 Å². The number of likely N-dealkylation sites (tertiary alicyclic amines) is 1. The summed E-state index contributed by atoms with van der Waals surface area (Å²) in [6, 6.07) is 0.200. The van der Waals surface area contributed by atoms with Crippen LogP contribution in [0.4, 0.5) is 4.79 Å². The fourth-order valence-electron chi connectivity index (χ4n) is 2.47. The molecule has 0 atom stereocenters. The van der Waals surface area contributed by atoms with Crippen LogP contribution in [0.25, 0.3) is 0 Å². The molecule has 1 aromatic rings. The number of rotatable bonds is 6. The van der Waals surface area contributed by atoms with E-state index in [4.69, 9.17) is 4.74 Å². The molecule has 0 aliphatic carbocycles. The van der Waals surface area contributed by atoms with E-state index in [1.54, 1.807) is 16.2 Å². The summed E-state index contributed by atoms with van der Waals surface area (Å²) in [6.45, 7) is 12.5. The maximum Gasteiger partial charge on any atom is 0.410 e. The molecule has 1 aromatic heterocycles. The van der Waals surface area contributed by atoms with Crippen LogP contribution in [0.2, 0.25) is 0 Å². The lowest BCUT2D eigenvalue weighted by atomic mass is 10.1. The first-order valence-corrected chi connectivity index (χ1v) is 10.1. The SMILES string of the molecule is CCNC(=NCCc1csc(CC)n1)NC1CN(C(=O)OC(C)(C)C)C1.I. The van der Waals surface area contributed by atoms with Gasteiger partial charge in [0.05, 0.1) is 16.7 Å². The molecule has 0 radical (unpaired) electrons. The zero-order valence-electron chi connectivity index (χ0n) is 16.9. The molecule has 1 saturated heterocycles. The molecule has 9 heteroatoms. The molecule has 2 heterocycles. The number of amides is 1. The number of hydrogen-bond donors (Lipinski definition) is 2. The molecule has 1 fully saturated rings. The van der Waals surface area contributed by atoms with Crippen LogP contribution in [-0.4, -0.2) is 59.8 Å². The van der Waals surface area contributed by atoms with E-state index >= 15 is 0 Å². The molecule has 0 spiro atoms. The monoisotopic (exact) mass is 509 g/mol. The topological polar surface area (TPSA) is 78.9 Å². The van der Waals surface area contributed by atoms with Gasteiger partial charge >= 0.3 is 6.09 Å². The lowest BCUT2D eigenvalue weighted by Gasteiger charge is -2.40. The third-order valence-electron chi connectivity index (χ3n) is 3.76. The molecule has 27 heavy (non-hydrogen) atoms. The van der Waals surface area contributed by atoms with Crippen LogP contribution in [0.5, 0.6) is 0 Å². The van der Waals surface area contributed by atoms with Gasteiger partial charge in [0.25, 0.3) is 0 Å². The van der Waals surface area contributed by atoms with Crippen LogP contribution < -0.4 is 10.6 Å². The Morgan fingerprint density at radius 3 is 2.67 bits per heavy atom. The highest BCUT2D eigenvalue weighted by atomic mass is 127. The average molecular weight is 509 g/mol. The van der Waals surface area contributed by atoms with Gasteiger partial charge in [-0.15, -0.1) is 35.3 Å². The quantitative estimate of drug-likeness (QED) is 0.350. The Labute approximate surface area is 183 Å². The highest BCUT2D eigenvalue weighted by Crippen LogP contribution is 2.15. The van der Waals surface area contributed by atoms with Gasteiger partial charge in [-0.05, 0) is 34.1 Å². The summed E-state index contributed by atoms with van der Waals surface area (Å²) in [7, 11) is 0. The predicted molar refractivity (Wildman–Crippen MR) is 121 cm³/mol. The van der Waals surface area contributed by atoms with E-state index in [-0.39, 0.29) is 36.1 Å². The largest absolute Gasteiger partial charge is 0.444 e. The van der Waals surface area contributed by atoms with Gasteiger partial charge in [0.2, 0.25) is 0 Å². The van der Waals surface area contributed by atoms with Crippen molar-refractivity contribution in [2.75, 3.05) is 26.2 Å². The average Bonchev–Trinajstić information content (AvgIpc) is 2.96. The van der Waals surface area contributed by atoms with Crippen molar-refractivity contribution < 1.29 is 9.53 Å². The minimum absolute atomic E-state index is 0. The standard InChI is InChI=1S/C18H31N5O2S.HI/c1-6-15-21-13(12-26-15)8-9-20-16(19-7-2)22-14-10-23(11-14)17(24)25-18(3,4)5;/h12,14H,6-11H2,1-5H3,(H2,19,20,22);1H. The number of carbonyl (C=O) groups excluding carboxylic acids is 1. The van der Waals surface area contributed by atoms with Gasteiger partial charge in [-0.3, -0.25) is 4.99 Å². The summed E-state index contributed by atoms with van der Waals surface area (Å²) in [6.07, 6.45) is 1.56. The van der Waals surface area contributed by atoms with Crippen LogP contribution in [0.1, 0.15) is 45.3 Å². The first-order valence-electron chi connectivity index (χ1n) is 9.26. The van der Waals surface area contributed by atoms with Gasteiger partial charge in [0, 0.05) is 38.0 Å². The Kier molecular flexibility index (Phi) is 9.78. The van der Waals surface area contributed by atoms with E-state index in [9.17, 15) is 4.79 Å². The van der Waals surface area contributed by atoms with E-state index in [2.05, 4.69) is 32.9 Å². The first-order chi connectivity index (χ1) is 12.3. The van der Waals surface area contributed by atoms with Crippen molar-refractivity contribution in [3.05, 3.63) is 16.1 Å². The van der Waals surface area contributed by atoms with Crippen LogP contribution >= 0.6 is 35.3 Å². The summed E-state index contributed by atoms with van der Waals surface area (Å²) in [5.41, 5.74) is 0.644. The molecular weight excluding hydrogens is 477 g/mol. The number of nitrogens with zero attached hydrogens (tertiary/aromatic N) is 3. The van der Waals surface area contributed by atoms with Crippen molar-refractivity contribution in [3.8, 4) is 0 Å². The fourth-order valence-corrected chi connectivity index (χ4v) is 3.25. The summed E-state index contributed by atoms with van der Waals surface area (Å²) in [5, 5.41) is 9.91. The maximum absolute atomic E-state index is 12.0. The number of aryl methyl sites for hydroxylation is 1. The highest BCUT2D eigenvalue weighted by molar-refractivity contribution is 14.0. The molecule has 2 rings (SSSR count). The summed E-state index contributed by atoms with van der Waals surface area (Å²) in [5.74, 6) is 0.785. The molecule has 7 nitrogen and oxygen atoms in total. The molecule has 1 aliphatic heterocycles. The van der Waals surface area contributed by atoms with Gasteiger partial charge in [0.15, 0.2) is 5.96 Å². The Bertz CT molecular complexity index is 624. The number of nitrogens with one attached hydrogen (secondary N) is 2. The normalized spacial score (nSPS) is 15.0. The van der Waals surface area contributed by atoms with Gasteiger partial charge < -0.3 is 20.3 Å². The van der Waals surface area contributed by atoms with Crippen LogP contribution in [0.15, 0.2) is 10.4 Å². The van der Waals surface area contributed by atoms with E-state index in [1.807, 2.05) is 27.7 Å². The number of thiazole rings is 1. The lowest BCUT2D eigenvalue weighted by Crippen LogP contribution is -2.63. The second-order valence-corrected chi connectivity index (χ2v) is 8.27. The minimum Gasteiger partial charge on any atom is -0.444 e. The zero-order valence-corrected chi connectivity index (χ0v) is 20.0. The Balaban J connectivity index is 0.00000364. The van der Waals surface area contributed by atoms with Crippen molar-refractivity contribution in [1.29, 1.82) is 0 Å². The molecule has 0 saturated carbocycles. The van der Waals surface area contributed by atoms with Gasteiger partial charge in [-0.2, -0.15) is 0 Å². The van der Waals surface area contributed by atoms with Crippen molar-refractivity contribution in [1.82, 2.24) is 20.5 Å². The number of carbonyl (C=O) groups is 1. The van der Waals surface area contributed by atoms with Gasteiger partial charge in [0.1, 0.15) is 5.60 Å². The van der Waals surface area contributed by atoms with E-state index in [0.717, 1.165) is 31.0 Å². The molecule has 0 bridgehead atoms. The van der Waals surface area contributed by atoms with Crippen LogP contribution in [-0.2, 0) is 17.6 Å². The van der Waals surface area contributed by atoms with Crippen LogP contribution in [0.3, 0.4) is 0 Å². The molecule has 0 unspecified atom stereocenters. The maximum atomic E-state index is 12.0. The van der Waals surface area contributed by atoms with Crippen LogP contribution in [0, 0.1) is 0 Å². The predicted octanol–water partition coefficient (Wildman–Crippen LogP) is 3.04. The number of aliphatic imine (C=N–C) groups is 1. The van der Waals surface area contributed by atoms with Gasteiger partial charge in [-0.25, -0.2) is 9.78 Å². The second kappa shape index (κ2) is 11.0. The summed E-state index contributed by atoms with van der Waals surface area (Å²) < 4.78 is 5.37. The molecule has 1 aliphatic rings. The Morgan fingerprint density at radius 2 is 2.11 bits per heavy atom. The number of aromatic nitrogens is 1. The Hall–Kier alpha value is -1.10. The van der Waals surface area contributed by atoms with Gasteiger partial charge in [-0.1, -0.05) is 6.92 Å². The second-order valence-electron chi connectivity index (χ2n) is 7.32. The molecule has 0 aromatic carbocycles. The van der Waals surface area contributed by atoms with Crippen molar-refractivity contribution >= 4 is 47.4 Å². The number of ether oxygens (including phenoxy) is 1. The Morgan fingerprint density at radius 1 is 1.41 bits per heavy atom. The molecule has 2 N–H and O–H groups in total. The third kappa shape index (κ3) is 8.20.